The van der Waals surface area contributed by atoms with Crippen LogP contribution in [0.3, 0.4) is 0 Å². The van der Waals surface area contributed by atoms with Crippen molar-refractivity contribution in [2.75, 3.05) is 13.7 Å². The number of methoxy groups -OCH3 is 1. The zero-order valence-corrected chi connectivity index (χ0v) is 10.9. The van der Waals surface area contributed by atoms with E-state index < -0.39 is 5.60 Å². The molecular weight excluding hydrogens is 206 g/mol. The van der Waals surface area contributed by atoms with Crippen LogP contribution in [0.1, 0.15) is 40.5 Å². The summed E-state index contributed by atoms with van der Waals surface area (Å²) in [6.45, 7) is 8.34. The third kappa shape index (κ3) is 3.46. The molecule has 1 atom stereocenters. The molecule has 1 amide bonds. The minimum absolute atomic E-state index is 0.0577. The number of amides is 1. The fourth-order valence-corrected chi connectivity index (χ4v) is 1.81. The Labute approximate surface area is 97.7 Å². The number of ether oxygens (including phenoxy) is 2. The maximum Gasteiger partial charge on any atom is 0.251 e. The monoisotopic (exact) mass is 229 g/mol. The average molecular weight is 229 g/mol. The Morgan fingerprint density at radius 3 is 2.62 bits per heavy atom. The SMILES string of the molecule is COC(C)(C)C(=O)NC1CCOC(C)(C)C1. The Balaban J connectivity index is 2.52. The van der Waals surface area contributed by atoms with Gasteiger partial charge in [-0.2, -0.15) is 0 Å². The van der Waals surface area contributed by atoms with Gasteiger partial charge in [0.05, 0.1) is 5.60 Å². The maximum atomic E-state index is 11.9. The van der Waals surface area contributed by atoms with Crippen LogP contribution in [-0.4, -0.2) is 36.9 Å². The summed E-state index contributed by atoms with van der Waals surface area (Å²) in [5.41, 5.74) is -0.907. The van der Waals surface area contributed by atoms with Gasteiger partial charge in [0.2, 0.25) is 0 Å². The Morgan fingerprint density at radius 2 is 2.12 bits per heavy atom. The molecule has 0 aliphatic carbocycles. The van der Waals surface area contributed by atoms with E-state index in [9.17, 15) is 4.79 Å². The van der Waals surface area contributed by atoms with Crippen molar-refractivity contribution < 1.29 is 14.3 Å². The van der Waals surface area contributed by atoms with Gasteiger partial charge in [0, 0.05) is 19.8 Å². The molecule has 1 aliphatic rings. The first-order valence-corrected chi connectivity index (χ1v) is 5.77. The fraction of sp³-hybridized carbons (Fsp3) is 0.917. The summed E-state index contributed by atoms with van der Waals surface area (Å²) in [5, 5.41) is 3.02. The molecule has 0 radical (unpaired) electrons. The largest absolute Gasteiger partial charge is 0.375 e. The normalized spacial score (nSPS) is 25.2. The first-order valence-electron chi connectivity index (χ1n) is 5.77. The third-order valence-electron chi connectivity index (χ3n) is 3.09. The third-order valence-corrected chi connectivity index (χ3v) is 3.09. The average Bonchev–Trinajstić information content (AvgIpc) is 2.16. The van der Waals surface area contributed by atoms with Crippen LogP contribution >= 0.6 is 0 Å². The lowest BCUT2D eigenvalue weighted by atomic mass is 9.93. The molecule has 0 aromatic heterocycles. The van der Waals surface area contributed by atoms with Crippen molar-refractivity contribution in [1.82, 2.24) is 5.32 Å². The molecule has 1 fully saturated rings. The molecule has 0 aromatic carbocycles. The number of carbonyl (C=O) groups excluding carboxylic acids is 1. The number of hydrogen-bond acceptors (Lipinski definition) is 3. The lowest BCUT2D eigenvalue weighted by Crippen LogP contribution is -2.52. The molecule has 1 unspecified atom stereocenters. The maximum absolute atomic E-state index is 11.9. The molecule has 4 nitrogen and oxygen atoms in total. The quantitative estimate of drug-likeness (QED) is 0.797. The topological polar surface area (TPSA) is 47.6 Å². The van der Waals surface area contributed by atoms with Crippen LogP contribution in [0, 0.1) is 0 Å². The Kier molecular flexibility index (Phi) is 3.97. The highest BCUT2D eigenvalue weighted by atomic mass is 16.5. The molecule has 94 valence electrons. The standard InChI is InChI=1S/C12H23NO3/c1-11(2)8-9(6-7-16-11)13-10(14)12(3,4)15-5/h9H,6-8H2,1-5H3,(H,13,14). The van der Waals surface area contributed by atoms with Gasteiger partial charge < -0.3 is 14.8 Å². The summed E-state index contributed by atoms with van der Waals surface area (Å²) in [7, 11) is 1.55. The number of nitrogens with one attached hydrogen (secondary N) is 1. The van der Waals surface area contributed by atoms with Crippen molar-refractivity contribution in [2.45, 2.75) is 57.8 Å². The van der Waals surface area contributed by atoms with E-state index in [4.69, 9.17) is 9.47 Å². The minimum Gasteiger partial charge on any atom is -0.375 e. The summed E-state index contributed by atoms with van der Waals surface area (Å²) in [6, 6.07) is 0.186. The Bertz CT molecular complexity index is 261. The van der Waals surface area contributed by atoms with Gasteiger partial charge in [-0.05, 0) is 40.5 Å². The zero-order valence-electron chi connectivity index (χ0n) is 10.9. The Hall–Kier alpha value is -0.610. The minimum atomic E-state index is -0.761. The molecule has 16 heavy (non-hydrogen) atoms. The molecule has 1 N–H and O–H groups in total. The van der Waals surface area contributed by atoms with Crippen molar-refractivity contribution >= 4 is 5.91 Å². The predicted molar refractivity (Wildman–Crippen MR) is 62.3 cm³/mol. The van der Waals surface area contributed by atoms with Crippen LogP contribution in [0.4, 0.5) is 0 Å². The second-order valence-corrected chi connectivity index (χ2v) is 5.49. The number of rotatable bonds is 3. The van der Waals surface area contributed by atoms with Crippen LogP contribution < -0.4 is 5.32 Å². The number of hydrogen-bond donors (Lipinski definition) is 1. The molecule has 0 bridgehead atoms. The lowest BCUT2D eigenvalue weighted by Gasteiger charge is -2.37. The smallest absolute Gasteiger partial charge is 0.251 e. The molecule has 1 saturated heterocycles. The van der Waals surface area contributed by atoms with Gasteiger partial charge in [-0.25, -0.2) is 0 Å². The van der Waals surface area contributed by atoms with E-state index in [1.165, 1.54) is 0 Å². The molecule has 1 rings (SSSR count). The van der Waals surface area contributed by atoms with Gasteiger partial charge in [0.25, 0.3) is 5.91 Å². The van der Waals surface area contributed by atoms with Crippen molar-refractivity contribution in [3.63, 3.8) is 0 Å². The molecular formula is C12H23NO3. The molecule has 0 saturated carbocycles. The predicted octanol–water partition coefficient (Wildman–Crippen LogP) is 1.49. The van der Waals surface area contributed by atoms with E-state index in [1.807, 2.05) is 13.8 Å². The fourth-order valence-electron chi connectivity index (χ4n) is 1.81. The van der Waals surface area contributed by atoms with Crippen LogP contribution in [0.15, 0.2) is 0 Å². The summed E-state index contributed by atoms with van der Waals surface area (Å²) >= 11 is 0. The van der Waals surface area contributed by atoms with Gasteiger partial charge in [-0.15, -0.1) is 0 Å². The summed E-state index contributed by atoms with van der Waals surface area (Å²) in [5.74, 6) is -0.0577. The molecule has 4 heteroatoms. The summed E-state index contributed by atoms with van der Waals surface area (Å²) in [4.78, 5) is 11.9. The van der Waals surface area contributed by atoms with E-state index in [2.05, 4.69) is 5.32 Å². The molecule has 1 heterocycles. The second kappa shape index (κ2) is 4.72. The van der Waals surface area contributed by atoms with Crippen LogP contribution in [0.2, 0.25) is 0 Å². The van der Waals surface area contributed by atoms with E-state index in [1.54, 1.807) is 21.0 Å². The van der Waals surface area contributed by atoms with Gasteiger partial charge in [-0.3, -0.25) is 4.79 Å². The van der Waals surface area contributed by atoms with Gasteiger partial charge >= 0.3 is 0 Å². The van der Waals surface area contributed by atoms with Crippen molar-refractivity contribution in [3.05, 3.63) is 0 Å². The first-order chi connectivity index (χ1) is 7.27. The van der Waals surface area contributed by atoms with E-state index in [0.717, 1.165) is 12.8 Å². The van der Waals surface area contributed by atoms with Gasteiger partial charge in [-0.1, -0.05) is 0 Å². The summed E-state index contributed by atoms with van der Waals surface area (Å²) in [6.07, 6.45) is 1.72. The highest BCUT2D eigenvalue weighted by Crippen LogP contribution is 2.24. The van der Waals surface area contributed by atoms with E-state index >= 15 is 0 Å². The van der Waals surface area contributed by atoms with Crippen LogP contribution in [-0.2, 0) is 14.3 Å². The Morgan fingerprint density at radius 1 is 1.50 bits per heavy atom. The van der Waals surface area contributed by atoms with E-state index in [-0.39, 0.29) is 17.6 Å². The van der Waals surface area contributed by atoms with Gasteiger partial charge in [0.1, 0.15) is 5.60 Å². The van der Waals surface area contributed by atoms with Crippen LogP contribution in [0.5, 0.6) is 0 Å². The van der Waals surface area contributed by atoms with Gasteiger partial charge in [0.15, 0.2) is 0 Å². The summed E-state index contributed by atoms with van der Waals surface area (Å²) < 4.78 is 10.8. The molecule has 1 aliphatic heterocycles. The van der Waals surface area contributed by atoms with Crippen molar-refractivity contribution in [1.29, 1.82) is 0 Å². The van der Waals surface area contributed by atoms with E-state index in [0.29, 0.717) is 6.61 Å². The lowest BCUT2D eigenvalue weighted by molar-refractivity contribution is -0.142. The highest BCUT2D eigenvalue weighted by Gasteiger charge is 2.33. The van der Waals surface area contributed by atoms with Crippen molar-refractivity contribution in [2.24, 2.45) is 0 Å². The number of carbonyl (C=O) groups is 1. The second-order valence-electron chi connectivity index (χ2n) is 5.49. The van der Waals surface area contributed by atoms with Crippen LogP contribution in [0.25, 0.3) is 0 Å². The first kappa shape index (κ1) is 13.5. The van der Waals surface area contributed by atoms with Crippen molar-refractivity contribution in [3.8, 4) is 0 Å². The highest BCUT2D eigenvalue weighted by molar-refractivity contribution is 5.84. The molecule has 0 aromatic rings. The zero-order chi connectivity index (χ0) is 12.4. The molecule has 0 spiro atoms.